The van der Waals surface area contributed by atoms with Crippen molar-refractivity contribution in [1.29, 1.82) is 5.26 Å². The number of para-hydroxylation sites is 1. The average molecular weight is 540 g/mol. The van der Waals surface area contributed by atoms with Crippen molar-refractivity contribution in [2.24, 2.45) is 5.92 Å². The SMILES string of the molecule is Cc1cc(C)c2ccc(C(=O)N(C)[C@@H](CC(C)C)C(=O)N3C[C@]4(C[C@H]3C#N)C(=O)Nc3ccccc34)nc2c1O. The number of rotatable bonds is 5. The number of fused-ring (bicyclic) bond motifs is 3. The lowest BCUT2D eigenvalue weighted by molar-refractivity contribution is -0.136. The summed E-state index contributed by atoms with van der Waals surface area (Å²) in [6, 6.07) is 13.1. The fourth-order valence-corrected chi connectivity index (χ4v) is 6.11. The maximum atomic E-state index is 14.1. The number of likely N-dealkylation sites (N-methyl/N-ethyl adjacent to an activating group) is 1. The lowest BCUT2D eigenvalue weighted by atomic mass is 9.80. The van der Waals surface area contributed by atoms with E-state index in [0.29, 0.717) is 23.2 Å². The predicted octanol–water partition coefficient (Wildman–Crippen LogP) is 4.06. The van der Waals surface area contributed by atoms with Crippen molar-refractivity contribution in [3.05, 3.63) is 64.8 Å². The minimum absolute atomic E-state index is 0.0158. The molecule has 0 bridgehead atoms. The van der Waals surface area contributed by atoms with E-state index >= 15 is 0 Å². The van der Waals surface area contributed by atoms with Crippen LogP contribution in [-0.4, -0.2) is 63.3 Å². The molecule has 40 heavy (non-hydrogen) atoms. The topological polar surface area (TPSA) is 127 Å². The Balaban J connectivity index is 1.48. The molecule has 1 saturated heterocycles. The van der Waals surface area contributed by atoms with Crippen molar-refractivity contribution >= 4 is 34.3 Å². The smallest absolute Gasteiger partial charge is 0.272 e. The number of pyridine rings is 1. The molecule has 0 saturated carbocycles. The van der Waals surface area contributed by atoms with Crippen LogP contribution in [0.1, 0.15) is 53.9 Å². The van der Waals surface area contributed by atoms with Gasteiger partial charge in [0, 0.05) is 31.1 Å². The van der Waals surface area contributed by atoms with E-state index in [2.05, 4.69) is 16.4 Å². The Morgan fingerprint density at radius 2 is 1.95 bits per heavy atom. The Morgan fingerprint density at radius 1 is 1.23 bits per heavy atom. The summed E-state index contributed by atoms with van der Waals surface area (Å²) in [6.45, 7) is 7.68. The van der Waals surface area contributed by atoms with Crippen LogP contribution in [0.4, 0.5) is 5.69 Å². The molecule has 9 nitrogen and oxygen atoms in total. The molecule has 3 heterocycles. The molecule has 1 spiro atoms. The van der Waals surface area contributed by atoms with Crippen molar-refractivity contribution < 1.29 is 19.5 Å². The Labute approximate surface area is 233 Å². The minimum Gasteiger partial charge on any atom is -0.505 e. The highest BCUT2D eigenvalue weighted by molar-refractivity contribution is 6.07. The molecule has 1 fully saturated rings. The highest BCUT2D eigenvalue weighted by Gasteiger charge is 2.56. The maximum absolute atomic E-state index is 14.1. The van der Waals surface area contributed by atoms with Gasteiger partial charge in [0.1, 0.15) is 29.0 Å². The van der Waals surface area contributed by atoms with Crippen LogP contribution in [0.25, 0.3) is 10.9 Å². The second kappa shape index (κ2) is 9.94. The molecule has 2 aliphatic rings. The van der Waals surface area contributed by atoms with E-state index in [4.69, 9.17) is 0 Å². The van der Waals surface area contributed by atoms with Gasteiger partial charge in [0.15, 0.2) is 0 Å². The Hall–Kier alpha value is -4.45. The summed E-state index contributed by atoms with van der Waals surface area (Å²) in [5, 5.41) is 24.3. The third-order valence-electron chi connectivity index (χ3n) is 8.25. The number of benzene rings is 2. The van der Waals surface area contributed by atoms with Gasteiger partial charge in [-0.1, -0.05) is 44.2 Å². The number of aromatic hydroxyl groups is 1. The zero-order valence-corrected chi connectivity index (χ0v) is 23.4. The van der Waals surface area contributed by atoms with Gasteiger partial charge in [0.2, 0.25) is 11.8 Å². The summed E-state index contributed by atoms with van der Waals surface area (Å²) in [7, 11) is 1.56. The van der Waals surface area contributed by atoms with E-state index in [9.17, 15) is 24.8 Å². The molecule has 0 unspecified atom stereocenters. The monoisotopic (exact) mass is 539 g/mol. The van der Waals surface area contributed by atoms with Gasteiger partial charge in [-0.05, 0) is 55.0 Å². The van der Waals surface area contributed by atoms with E-state index in [-0.39, 0.29) is 42.1 Å². The van der Waals surface area contributed by atoms with E-state index in [1.54, 1.807) is 26.1 Å². The number of anilines is 1. The number of hydrogen-bond acceptors (Lipinski definition) is 6. The van der Waals surface area contributed by atoms with Gasteiger partial charge in [-0.3, -0.25) is 14.4 Å². The molecular formula is C31H33N5O4. The number of nitrogens with one attached hydrogen (secondary N) is 1. The number of hydrogen-bond donors (Lipinski definition) is 2. The number of amides is 3. The Bertz CT molecular complexity index is 1590. The van der Waals surface area contributed by atoms with Gasteiger partial charge in [0.25, 0.3) is 5.91 Å². The van der Waals surface area contributed by atoms with E-state index in [1.807, 2.05) is 51.1 Å². The molecule has 0 aliphatic carbocycles. The fourth-order valence-electron chi connectivity index (χ4n) is 6.11. The summed E-state index contributed by atoms with van der Waals surface area (Å²) in [5.41, 5.74) is 2.50. The van der Waals surface area contributed by atoms with Crippen molar-refractivity contribution in [1.82, 2.24) is 14.8 Å². The Kier molecular flexibility index (Phi) is 6.74. The molecule has 0 radical (unpaired) electrons. The second-order valence-electron chi connectivity index (χ2n) is 11.4. The highest BCUT2D eigenvalue weighted by atomic mass is 16.3. The normalized spacial score (nSPS) is 20.5. The largest absolute Gasteiger partial charge is 0.505 e. The third kappa shape index (κ3) is 4.24. The number of likely N-dealkylation sites (tertiary alicyclic amines) is 1. The van der Waals surface area contributed by atoms with Crippen LogP contribution < -0.4 is 5.32 Å². The van der Waals surface area contributed by atoms with Gasteiger partial charge in [-0.15, -0.1) is 0 Å². The summed E-state index contributed by atoms with van der Waals surface area (Å²) in [5.74, 6) is -0.982. The van der Waals surface area contributed by atoms with Crippen LogP contribution in [0.3, 0.4) is 0 Å². The van der Waals surface area contributed by atoms with Gasteiger partial charge >= 0.3 is 0 Å². The van der Waals surface area contributed by atoms with Crippen LogP contribution in [0.15, 0.2) is 42.5 Å². The molecule has 3 aromatic rings. The first kappa shape index (κ1) is 27.1. The molecule has 2 aromatic carbocycles. The van der Waals surface area contributed by atoms with E-state index < -0.39 is 23.4 Å². The van der Waals surface area contributed by atoms with E-state index in [1.165, 1.54) is 9.80 Å². The van der Waals surface area contributed by atoms with Gasteiger partial charge in [-0.2, -0.15) is 5.26 Å². The Morgan fingerprint density at radius 3 is 2.65 bits per heavy atom. The quantitative estimate of drug-likeness (QED) is 0.504. The van der Waals surface area contributed by atoms with Crippen LogP contribution in [0.2, 0.25) is 0 Å². The predicted molar refractivity (Wildman–Crippen MR) is 151 cm³/mol. The summed E-state index contributed by atoms with van der Waals surface area (Å²) >= 11 is 0. The van der Waals surface area contributed by atoms with Crippen molar-refractivity contribution in [3.63, 3.8) is 0 Å². The summed E-state index contributed by atoms with van der Waals surface area (Å²) < 4.78 is 0. The first-order valence-electron chi connectivity index (χ1n) is 13.5. The number of aromatic nitrogens is 1. The first-order valence-corrected chi connectivity index (χ1v) is 13.5. The van der Waals surface area contributed by atoms with Gasteiger partial charge < -0.3 is 20.2 Å². The highest BCUT2D eigenvalue weighted by Crippen LogP contribution is 2.46. The fraction of sp³-hybridized carbons (Fsp3) is 0.387. The van der Waals surface area contributed by atoms with E-state index in [0.717, 1.165) is 16.5 Å². The molecule has 206 valence electrons. The van der Waals surface area contributed by atoms with Crippen LogP contribution >= 0.6 is 0 Å². The van der Waals surface area contributed by atoms with Crippen LogP contribution in [0, 0.1) is 31.1 Å². The number of phenols is 1. The summed E-state index contributed by atoms with van der Waals surface area (Å²) in [4.78, 5) is 48.4. The van der Waals surface area contributed by atoms with Crippen molar-refractivity contribution in [2.75, 3.05) is 18.9 Å². The number of carbonyl (C=O) groups excluding carboxylic acids is 3. The molecule has 3 amide bonds. The molecular weight excluding hydrogens is 506 g/mol. The number of aryl methyl sites for hydroxylation is 2. The lowest BCUT2D eigenvalue weighted by Crippen LogP contribution is -2.52. The molecule has 9 heteroatoms. The lowest BCUT2D eigenvalue weighted by Gasteiger charge is -2.33. The van der Waals surface area contributed by atoms with Gasteiger partial charge in [-0.25, -0.2) is 4.98 Å². The third-order valence-corrected chi connectivity index (χ3v) is 8.25. The molecule has 2 N–H and O–H groups in total. The number of phenolic OH excluding ortho intramolecular Hbond substituents is 1. The van der Waals surface area contributed by atoms with Crippen molar-refractivity contribution in [2.45, 2.75) is 58.0 Å². The van der Waals surface area contributed by atoms with Gasteiger partial charge in [0.05, 0.1) is 11.5 Å². The van der Waals surface area contributed by atoms with Crippen molar-refractivity contribution in [3.8, 4) is 11.8 Å². The first-order chi connectivity index (χ1) is 19.0. The minimum atomic E-state index is -1.01. The number of nitrogens with zero attached hydrogens (tertiary/aromatic N) is 4. The standard InChI is InChI=1S/C31H33N5O4/c1-17(2)12-25(35(5)28(38)24-11-10-21-18(3)13-19(4)27(37)26(21)33-24)29(39)36-16-31(14-20(36)15-32)22-8-6-7-9-23(22)34-30(31)40/h6-11,13,17,20,25,37H,12,14,16H2,1-5H3,(H,34,40)/t20-,25-,31-/m0/s1. The number of carbonyl (C=O) groups is 3. The molecule has 1 aromatic heterocycles. The maximum Gasteiger partial charge on any atom is 0.272 e. The molecule has 5 rings (SSSR count). The molecule has 2 aliphatic heterocycles. The number of nitriles is 1. The van der Waals surface area contributed by atoms with Crippen LogP contribution in [-0.2, 0) is 15.0 Å². The molecule has 3 atom stereocenters. The van der Waals surface area contributed by atoms with Crippen LogP contribution in [0.5, 0.6) is 5.75 Å². The average Bonchev–Trinajstić information content (AvgIpc) is 3.46. The summed E-state index contributed by atoms with van der Waals surface area (Å²) in [6.07, 6.45) is 0.552. The zero-order valence-electron chi connectivity index (χ0n) is 23.4. The zero-order chi connectivity index (χ0) is 28.9. The second-order valence-corrected chi connectivity index (χ2v) is 11.4.